The van der Waals surface area contributed by atoms with Crippen LogP contribution in [0.1, 0.15) is 35.2 Å². The summed E-state index contributed by atoms with van der Waals surface area (Å²) >= 11 is 3.40. The van der Waals surface area contributed by atoms with Gasteiger partial charge in [-0.05, 0) is 71.6 Å². The highest BCUT2D eigenvalue weighted by Gasteiger charge is 2.21. The van der Waals surface area contributed by atoms with E-state index >= 15 is 0 Å². The highest BCUT2D eigenvalue weighted by Crippen LogP contribution is 2.29. The van der Waals surface area contributed by atoms with Crippen molar-refractivity contribution < 1.29 is 14.3 Å². The molecule has 2 aromatic rings. The lowest BCUT2D eigenvalue weighted by Gasteiger charge is -2.28. The second-order valence-electron chi connectivity index (χ2n) is 6.30. The number of halogens is 1. The van der Waals surface area contributed by atoms with Crippen LogP contribution in [0.15, 0.2) is 40.9 Å². The Labute approximate surface area is 161 Å². The zero-order valence-corrected chi connectivity index (χ0v) is 16.4. The van der Waals surface area contributed by atoms with Crippen LogP contribution >= 0.6 is 15.9 Å². The first kappa shape index (κ1) is 18.5. The number of nitrogens with zero attached hydrogens (tertiary/aromatic N) is 1. The number of amides is 2. The van der Waals surface area contributed by atoms with Crippen LogP contribution in [-0.4, -0.2) is 25.5 Å². The predicted octanol–water partition coefficient (Wildman–Crippen LogP) is 4.54. The lowest BCUT2D eigenvalue weighted by molar-refractivity contribution is -0.119. The third-order valence-electron chi connectivity index (χ3n) is 4.50. The molecule has 1 N–H and O–H groups in total. The first-order valence-corrected chi connectivity index (χ1v) is 9.35. The third kappa shape index (κ3) is 3.90. The van der Waals surface area contributed by atoms with Gasteiger partial charge in [0.15, 0.2) is 0 Å². The number of ether oxygens (including phenoxy) is 1. The molecular weight excluding hydrogens is 396 g/mol. The Balaban J connectivity index is 1.85. The second kappa shape index (κ2) is 7.91. The largest absolute Gasteiger partial charge is 0.497 e. The van der Waals surface area contributed by atoms with Crippen molar-refractivity contribution in [3.05, 3.63) is 52.0 Å². The van der Waals surface area contributed by atoms with E-state index in [1.165, 1.54) is 0 Å². The van der Waals surface area contributed by atoms with Gasteiger partial charge >= 0.3 is 0 Å². The van der Waals surface area contributed by atoms with Gasteiger partial charge in [-0.2, -0.15) is 0 Å². The van der Waals surface area contributed by atoms with Gasteiger partial charge in [0.2, 0.25) is 5.91 Å². The number of aryl methyl sites for hydroxylation is 1. The van der Waals surface area contributed by atoms with Gasteiger partial charge in [-0.25, -0.2) is 0 Å². The van der Waals surface area contributed by atoms with E-state index in [4.69, 9.17) is 4.74 Å². The summed E-state index contributed by atoms with van der Waals surface area (Å²) in [5.41, 5.74) is 3.02. The molecule has 3 rings (SSSR count). The number of carbonyl (C=O) groups excluding carboxylic acids is 2. The van der Waals surface area contributed by atoms with Crippen LogP contribution in [0.3, 0.4) is 0 Å². The molecule has 1 aliphatic heterocycles. The molecule has 0 unspecified atom stereocenters. The Morgan fingerprint density at radius 1 is 1.19 bits per heavy atom. The number of hydrogen-bond acceptors (Lipinski definition) is 3. The summed E-state index contributed by atoms with van der Waals surface area (Å²) in [6, 6.07) is 10.9. The van der Waals surface area contributed by atoms with E-state index in [0.29, 0.717) is 27.9 Å². The van der Waals surface area contributed by atoms with Gasteiger partial charge in [-0.3, -0.25) is 9.59 Å². The van der Waals surface area contributed by atoms with Crippen LogP contribution in [-0.2, 0) is 4.79 Å². The third-order valence-corrected chi connectivity index (χ3v) is 5.19. The lowest BCUT2D eigenvalue weighted by atomic mass is 10.1. The van der Waals surface area contributed by atoms with Crippen molar-refractivity contribution in [1.29, 1.82) is 0 Å². The van der Waals surface area contributed by atoms with E-state index in [1.807, 2.05) is 30.0 Å². The van der Waals surface area contributed by atoms with E-state index in [1.54, 1.807) is 25.3 Å². The minimum Gasteiger partial charge on any atom is -0.497 e. The SMILES string of the molecule is COc1ccc(Br)c(C(=O)Nc2ccc(C)c(N3CCCCC3=O)c2)c1. The van der Waals surface area contributed by atoms with Crippen LogP contribution in [0.2, 0.25) is 0 Å². The molecule has 2 amide bonds. The first-order chi connectivity index (χ1) is 12.5. The van der Waals surface area contributed by atoms with Crippen LogP contribution in [0, 0.1) is 6.92 Å². The van der Waals surface area contributed by atoms with Gasteiger partial charge in [-0.15, -0.1) is 0 Å². The maximum atomic E-state index is 12.7. The Morgan fingerprint density at radius 3 is 2.73 bits per heavy atom. The minimum absolute atomic E-state index is 0.137. The van der Waals surface area contributed by atoms with E-state index in [0.717, 1.165) is 30.6 Å². The average Bonchev–Trinajstić information content (AvgIpc) is 2.64. The van der Waals surface area contributed by atoms with Crippen molar-refractivity contribution in [2.75, 3.05) is 23.9 Å². The van der Waals surface area contributed by atoms with E-state index in [2.05, 4.69) is 21.2 Å². The average molecular weight is 417 g/mol. The molecule has 0 radical (unpaired) electrons. The van der Waals surface area contributed by atoms with Crippen LogP contribution in [0.4, 0.5) is 11.4 Å². The fourth-order valence-electron chi connectivity index (χ4n) is 3.04. The van der Waals surface area contributed by atoms with Crippen molar-refractivity contribution >= 4 is 39.1 Å². The fraction of sp³-hybridized carbons (Fsp3) is 0.300. The van der Waals surface area contributed by atoms with Gasteiger partial charge in [0.25, 0.3) is 5.91 Å². The topological polar surface area (TPSA) is 58.6 Å². The summed E-state index contributed by atoms with van der Waals surface area (Å²) in [5, 5.41) is 2.91. The molecule has 1 heterocycles. The molecular formula is C20H21BrN2O3. The summed E-state index contributed by atoms with van der Waals surface area (Å²) < 4.78 is 5.88. The first-order valence-electron chi connectivity index (χ1n) is 8.55. The second-order valence-corrected chi connectivity index (χ2v) is 7.16. The molecule has 5 nitrogen and oxygen atoms in total. The molecule has 2 aromatic carbocycles. The van der Waals surface area contributed by atoms with E-state index in [9.17, 15) is 9.59 Å². The van der Waals surface area contributed by atoms with Crippen LogP contribution < -0.4 is 15.0 Å². The van der Waals surface area contributed by atoms with Crippen LogP contribution in [0.25, 0.3) is 0 Å². The summed E-state index contributed by atoms with van der Waals surface area (Å²) in [6.45, 7) is 2.69. The quantitative estimate of drug-likeness (QED) is 0.795. The molecule has 0 aromatic heterocycles. The Hall–Kier alpha value is -2.34. The molecule has 0 aliphatic carbocycles. The number of benzene rings is 2. The van der Waals surface area contributed by atoms with E-state index < -0.39 is 0 Å². The Kier molecular flexibility index (Phi) is 5.61. The number of anilines is 2. The monoisotopic (exact) mass is 416 g/mol. The summed E-state index contributed by atoms with van der Waals surface area (Å²) in [6.07, 6.45) is 2.51. The number of hydrogen-bond donors (Lipinski definition) is 1. The molecule has 136 valence electrons. The molecule has 6 heteroatoms. The minimum atomic E-state index is -0.240. The highest BCUT2D eigenvalue weighted by molar-refractivity contribution is 9.10. The van der Waals surface area contributed by atoms with E-state index in [-0.39, 0.29) is 11.8 Å². The molecule has 1 fully saturated rings. The maximum absolute atomic E-state index is 12.7. The summed E-state index contributed by atoms with van der Waals surface area (Å²) in [4.78, 5) is 26.7. The predicted molar refractivity (Wildman–Crippen MR) is 106 cm³/mol. The summed E-state index contributed by atoms with van der Waals surface area (Å²) in [5.74, 6) is 0.510. The number of piperidine rings is 1. The van der Waals surface area contributed by atoms with Crippen molar-refractivity contribution in [2.24, 2.45) is 0 Å². The zero-order valence-electron chi connectivity index (χ0n) is 14.8. The standard InChI is InChI=1S/C20H21BrN2O3/c1-13-6-7-14(11-18(13)23-10-4-3-5-19(23)24)22-20(25)16-12-15(26-2)8-9-17(16)21/h6-9,11-12H,3-5,10H2,1-2H3,(H,22,25). The molecule has 0 spiro atoms. The van der Waals surface area contributed by atoms with Gasteiger partial charge < -0.3 is 15.0 Å². The Bertz CT molecular complexity index is 851. The van der Waals surface area contributed by atoms with Gasteiger partial charge in [-0.1, -0.05) is 6.07 Å². The van der Waals surface area contributed by atoms with Crippen LogP contribution in [0.5, 0.6) is 5.75 Å². The van der Waals surface area contributed by atoms with Crippen molar-refractivity contribution in [3.8, 4) is 5.75 Å². The van der Waals surface area contributed by atoms with Gasteiger partial charge in [0.05, 0.1) is 12.7 Å². The number of carbonyl (C=O) groups is 2. The van der Waals surface area contributed by atoms with Gasteiger partial charge in [0.1, 0.15) is 5.75 Å². The fourth-order valence-corrected chi connectivity index (χ4v) is 3.47. The Morgan fingerprint density at radius 2 is 2.00 bits per heavy atom. The summed E-state index contributed by atoms with van der Waals surface area (Å²) in [7, 11) is 1.56. The highest BCUT2D eigenvalue weighted by atomic mass is 79.9. The zero-order chi connectivity index (χ0) is 18.7. The molecule has 0 bridgehead atoms. The number of rotatable bonds is 4. The smallest absolute Gasteiger partial charge is 0.256 e. The lowest BCUT2D eigenvalue weighted by Crippen LogP contribution is -2.35. The molecule has 1 saturated heterocycles. The van der Waals surface area contributed by atoms with Crippen molar-refractivity contribution in [2.45, 2.75) is 26.2 Å². The molecule has 26 heavy (non-hydrogen) atoms. The number of methoxy groups -OCH3 is 1. The molecule has 0 atom stereocenters. The van der Waals surface area contributed by atoms with Crippen molar-refractivity contribution in [3.63, 3.8) is 0 Å². The van der Waals surface area contributed by atoms with Gasteiger partial charge in [0, 0.05) is 28.8 Å². The molecule has 0 saturated carbocycles. The molecule has 1 aliphatic rings. The van der Waals surface area contributed by atoms with Crippen molar-refractivity contribution in [1.82, 2.24) is 0 Å². The normalized spacial score (nSPS) is 14.3. The number of nitrogens with one attached hydrogen (secondary N) is 1. The maximum Gasteiger partial charge on any atom is 0.256 e.